The Labute approximate surface area is 92.6 Å². The van der Waals surface area contributed by atoms with Gasteiger partial charge in [-0.05, 0) is 13.5 Å². The smallest absolute Gasteiger partial charge is 0.0791 e. The van der Waals surface area contributed by atoms with Gasteiger partial charge in [-0.25, -0.2) is 0 Å². The molecule has 15 heavy (non-hydrogen) atoms. The van der Waals surface area contributed by atoms with Gasteiger partial charge in [-0.3, -0.25) is 4.90 Å². The third-order valence-corrected chi connectivity index (χ3v) is 2.79. The van der Waals surface area contributed by atoms with Crippen molar-refractivity contribution in [2.45, 2.75) is 38.5 Å². The fourth-order valence-electron chi connectivity index (χ4n) is 1.79. The van der Waals surface area contributed by atoms with Gasteiger partial charge in [0, 0.05) is 31.8 Å². The van der Waals surface area contributed by atoms with Gasteiger partial charge < -0.3 is 15.2 Å². The van der Waals surface area contributed by atoms with Crippen LogP contribution in [0, 0.1) is 0 Å². The van der Waals surface area contributed by atoms with E-state index in [2.05, 4.69) is 31.1 Å². The van der Waals surface area contributed by atoms with Gasteiger partial charge in [0.15, 0.2) is 0 Å². The highest BCUT2D eigenvalue weighted by atomic mass is 16.5. The normalized spacial score (nSPS) is 24.0. The molecular weight excluding hydrogens is 192 g/mol. The van der Waals surface area contributed by atoms with E-state index in [1.54, 1.807) is 0 Å². The molecule has 0 aromatic rings. The maximum Gasteiger partial charge on any atom is 0.0791 e. The van der Waals surface area contributed by atoms with Gasteiger partial charge in [0.25, 0.3) is 0 Å². The minimum atomic E-state index is -0.294. The van der Waals surface area contributed by atoms with Crippen molar-refractivity contribution in [1.82, 2.24) is 10.2 Å². The third kappa shape index (κ3) is 4.93. The Bertz CT molecular complexity index is 170. The van der Waals surface area contributed by atoms with Crippen LogP contribution in [0.15, 0.2) is 0 Å². The van der Waals surface area contributed by atoms with E-state index in [0.29, 0.717) is 25.2 Å². The van der Waals surface area contributed by atoms with Gasteiger partial charge in [-0.15, -0.1) is 0 Å². The standard InChI is InChI=1S/C11H24N2O2/c1-9(2)12-6-11(14)7-13(3)10-4-5-15-8-10/h9-12,14H,4-8H2,1-3H3. The van der Waals surface area contributed by atoms with Crippen LogP contribution in [0.1, 0.15) is 20.3 Å². The molecule has 0 bridgehead atoms. The molecule has 1 fully saturated rings. The number of hydrogen-bond donors (Lipinski definition) is 2. The Hall–Kier alpha value is -0.160. The monoisotopic (exact) mass is 216 g/mol. The first-order chi connectivity index (χ1) is 7.09. The molecule has 2 unspecified atom stereocenters. The predicted octanol–water partition coefficient (Wildman–Crippen LogP) is 0.0660. The summed E-state index contributed by atoms with van der Waals surface area (Å²) in [6, 6.07) is 0.915. The molecule has 1 rings (SSSR count). The summed E-state index contributed by atoms with van der Waals surface area (Å²) >= 11 is 0. The zero-order valence-electron chi connectivity index (χ0n) is 10.1. The molecule has 2 atom stereocenters. The minimum Gasteiger partial charge on any atom is -0.390 e. The molecule has 4 nitrogen and oxygen atoms in total. The Balaban J connectivity index is 2.15. The maximum atomic E-state index is 9.78. The average Bonchev–Trinajstić information content (AvgIpc) is 2.67. The third-order valence-electron chi connectivity index (χ3n) is 2.79. The van der Waals surface area contributed by atoms with Gasteiger partial charge in [0.2, 0.25) is 0 Å². The lowest BCUT2D eigenvalue weighted by atomic mass is 10.2. The average molecular weight is 216 g/mol. The molecule has 0 saturated carbocycles. The van der Waals surface area contributed by atoms with E-state index in [0.717, 1.165) is 19.6 Å². The van der Waals surface area contributed by atoms with Gasteiger partial charge in [0.1, 0.15) is 0 Å². The number of nitrogens with one attached hydrogen (secondary N) is 1. The van der Waals surface area contributed by atoms with Crippen LogP contribution in [0.2, 0.25) is 0 Å². The van der Waals surface area contributed by atoms with Crippen LogP contribution in [0.3, 0.4) is 0 Å². The Morgan fingerprint density at radius 2 is 2.27 bits per heavy atom. The van der Waals surface area contributed by atoms with Gasteiger partial charge >= 0.3 is 0 Å². The molecule has 4 heteroatoms. The van der Waals surface area contributed by atoms with Crippen LogP contribution in [0.25, 0.3) is 0 Å². The second kappa shape index (κ2) is 6.43. The lowest BCUT2D eigenvalue weighted by Crippen LogP contribution is -2.42. The van der Waals surface area contributed by atoms with Crippen LogP contribution >= 0.6 is 0 Å². The van der Waals surface area contributed by atoms with E-state index in [4.69, 9.17) is 4.74 Å². The molecule has 90 valence electrons. The summed E-state index contributed by atoms with van der Waals surface area (Å²) in [6.45, 7) is 7.21. The molecule has 0 spiro atoms. The minimum absolute atomic E-state index is 0.294. The topological polar surface area (TPSA) is 44.7 Å². The van der Waals surface area contributed by atoms with Crippen molar-refractivity contribution in [1.29, 1.82) is 0 Å². The molecule has 2 N–H and O–H groups in total. The van der Waals surface area contributed by atoms with Crippen molar-refractivity contribution in [2.24, 2.45) is 0 Å². The zero-order valence-corrected chi connectivity index (χ0v) is 10.1. The highest BCUT2D eigenvalue weighted by Gasteiger charge is 2.21. The van der Waals surface area contributed by atoms with Crippen LogP contribution in [-0.4, -0.2) is 61.5 Å². The van der Waals surface area contributed by atoms with Crippen molar-refractivity contribution in [3.8, 4) is 0 Å². The number of aliphatic hydroxyl groups is 1. The molecule has 1 saturated heterocycles. The van der Waals surface area contributed by atoms with Crippen LogP contribution in [0.4, 0.5) is 0 Å². The van der Waals surface area contributed by atoms with E-state index in [-0.39, 0.29) is 6.10 Å². The lowest BCUT2D eigenvalue weighted by molar-refractivity contribution is 0.0929. The quantitative estimate of drug-likeness (QED) is 0.659. The van der Waals surface area contributed by atoms with Gasteiger partial charge in [-0.1, -0.05) is 13.8 Å². The summed E-state index contributed by atoms with van der Waals surface area (Å²) < 4.78 is 5.32. The number of nitrogens with zero attached hydrogens (tertiary/aromatic N) is 1. The zero-order chi connectivity index (χ0) is 11.3. The van der Waals surface area contributed by atoms with Crippen molar-refractivity contribution < 1.29 is 9.84 Å². The Kier molecular flexibility index (Phi) is 5.53. The molecule has 0 aromatic carbocycles. The van der Waals surface area contributed by atoms with Crippen molar-refractivity contribution in [3.63, 3.8) is 0 Å². The first-order valence-corrected chi connectivity index (χ1v) is 5.79. The number of ether oxygens (including phenoxy) is 1. The van der Waals surface area contributed by atoms with E-state index in [1.807, 2.05) is 0 Å². The molecule has 0 radical (unpaired) electrons. The van der Waals surface area contributed by atoms with Crippen LogP contribution in [-0.2, 0) is 4.74 Å². The summed E-state index contributed by atoms with van der Waals surface area (Å²) in [5.41, 5.74) is 0. The molecule has 0 aromatic heterocycles. The second-order valence-corrected chi connectivity index (χ2v) is 4.67. The van der Waals surface area contributed by atoms with Crippen molar-refractivity contribution in [2.75, 3.05) is 33.4 Å². The molecule has 1 aliphatic heterocycles. The summed E-state index contributed by atoms with van der Waals surface area (Å²) in [5, 5.41) is 13.0. The fraction of sp³-hybridized carbons (Fsp3) is 1.00. The largest absolute Gasteiger partial charge is 0.390 e. The molecule has 1 heterocycles. The number of rotatable bonds is 6. The first kappa shape index (κ1) is 12.9. The highest BCUT2D eigenvalue weighted by Crippen LogP contribution is 2.10. The summed E-state index contributed by atoms with van der Waals surface area (Å²) in [5.74, 6) is 0. The van der Waals surface area contributed by atoms with Crippen LogP contribution in [0.5, 0.6) is 0 Å². The number of hydrogen-bond acceptors (Lipinski definition) is 4. The number of aliphatic hydroxyl groups excluding tert-OH is 1. The Morgan fingerprint density at radius 1 is 1.53 bits per heavy atom. The van der Waals surface area contributed by atoms with E-state index in [1.165, 1.54) is 0 Å². The van der Waals surface area contributed by atoms with Crippen molar-refractivity contribution >= 4 is 0 Å². The van der Waals surface area contributed by atoms with Crippen LogP contribution < -0.4 is 5.32 Å². The highest BCUT2D eigenvalue weighted by molar-refractivity contribution is 4.76. The first-order valence-electron chi connectivity index (χ1n) is 5.79. The second-order valence-electron chi connectivity index (χ2n) is 4.67. The predicted molar refractivity (Wildman–Crippen MR) is 61.0 cm³/mol. The fourth-order valence-corrected chi connectivity index (χ4v) is 1.79. The SMILES string of the molecule is CC(C)NCC(O)CN(C)C1CCOC1. The summed E-state index contributed by atoms with van der Waals surface area (Å²) in [7, 11) is 2.05. The van der Waals surface area contributed by atoms with E-state index in [9.17, 15) is 5.11 Å². The molecular formula is C11H24N2O2. The molecule has 0 amide bonds. The summed E-state index contributed by atoms with van der Waals surface area (Å²) in [4.78, 5) is 2.19. The molecule has 0 aliphatic carbocycles. The Morgan fingerprint density at radius 3 is 2.80 bits per heavy atom. The van der Waals surface area contributed by atoms with Gasteiger partial charge in [0.05, 0.1) is 12.7 Å². The van der Waals surface area contributed by atoms with E-state index >= 15 is 0 Å². The summed E-state index contributed by atoms with van der Waals surface area (Å²) in [6.07, 6.45) is 0.791. The maximum absolute atomic E-state index is 9.78. The lowest BCUT2D eigenvalue weighted by Gasteiger charge is -2.26. The number of likely N-dealkylation sites (N-methyl/N-ethyl adjacent to an activating group) is 1. The van der Waals surface area contributed by atoms with Gasteiger partial charge in [-0.2, -0.15) is 0 Å². The van der Waals surface area contributed by atoms with E-state index < -0.39 is 0 Å². The van der Waals surface area contributed by atoms with Crippen molar-refractivity contribution in [3.05, 3.63) is 0 Å². The molecule has 1 aliphatic rings.